The van der Waals surface area contributed by atoms with Crippen LogP contribution in [-0.4, -0.2) is 26.7 Å². The second kappa shape index (κ2) is 10.5. The van der Waals surface area contributed by atoms with Crippen molar-refractivity contribution in [3.8, 4) is 5.75 Å². The van der Waals surface area contributed by atoms with E-state index in [-0.39, 0.29) is 17.4 Å². The number of nitrogens with one attached hydrogen (secondary N) is 2. The molecule has 0 radical (unpaired) electrons. The standard InChI is InChI=1S/C22H25F3N2O4S/c1-5-13(2)31-20-12-17(23)8-6-15(20)7-9-21(28)26-14(3)16-10-18(24)22(19(25)11-16)27-32(4,29)30/h6-14,27H,5H2,1-4H3,(H,26,28)/t13-,14?/m1/s1. The fraction of sp³-hybridized carbons (Fsp3) is 0.318. The maximum Gasteiger partial charge on any atom is 0.244 e. The average molecular weight is 471 g/mol. The molecule has 1 unspecified atom stereocenters. The van der Waals surface area contributed by atoms with Gasteiger partial charge in [0.1, 0.15) is 17.3 Å². The highest BCUT2D eigenvalue weighted by Gasteiger charge is 2.18. The zero-order chi connectivity index (χ0) is 24.1. The molecule has 174 valence electrons. The van der Waals surface area contributed by atoms with Crippen molar-refractivity contribution < 1.29 is 31.1 Å². The van der Waals surface area contributed by atoms with Gasteiger partial charge in [0, 0.05) is 17.7 Å². The molecule has 2 N–H and O–H groups in total. The predicted molar refractivity (Wildman–Crippen MR) is 117 cm³/mol. The molecule has 2 aromatic rings. The molecule has 0 saturated carbocycles. The van der Waals surface area contributed by atoms with E-state index in [2.05, 4.69) is 5.32 Å². The molecular formula is C22H25F3N2O4S. The Hall–Kier alpha value is -3.01. The van der Waals surface area contributed by atoms with E-state index in [0.29, 0.717) is 12.0 Å². The van der Waals surface area contributed by atoms with E-state index in [9.17, 15) is 26.4 Å². The van der Waals surface area contributed by atoms with Crippen molar-refractivity contribution >= 4 is 27.7 Å². The minimum atomic E-state index is -3.87. The van der Waals surface area contributed by atoms with Gasteiger partial charge in [-0.25, -0.2) is 21.6 Å². The minimum Gasteiger partial charge on any atom is -0.490 e. The summed E-state index contributed by atoms with van der Waals surface area (Å²) in [6.45, 7) is 5.27. The molecule has 2 atom stereocenters. The normalized spacial score (nSPS) is 13.6. The van der Waals surface area contributed by atoms with E-state index in [1.165, 1.54) is 37.3 Å². The number of carbonyl (C=O) groups is 1. The van der Waals surface area contributed by atoms with Crippen molar-refractivity contribution in [1.29, 1.82) is 0 Å². The summed E-state index contributed by atoms with van der Waals surface area (Å²) in [4.78, 5) is 12.3. The number of sulfonamides is 1. The Kier molecular flexibility index (Phi) is 8.31. The first-order valence-electron chi connectivity index (χ1n) is 9.81. The van der Waals surface area contributed by atoms with Gasteiger partial charge in [0.05, 0.1) is 18.4 Å². The van der Waals surface area contributed by atoms with Crippen molar-refractivity contribution in [2.45, 2.75) is 39.3 Å². The highest BCUT2D eigenvalue weighted by molar-refractivity contribution is 7.92. The molecule has 1 amide bonds. The SMILES string of the molecule is CC[C@@H](C)Oc1cc(F)ccc1C=CC(=O)NC(C)c1cc(F)c(NS(C)(=O)=O)c(F)c1. The Balaban J connectivity index is 2.14. The predicted octanol–water partition coefficient (Wildman–Crippen LogP) is 4.54. The van der Waals surface area contributed by atoms with Gasteiger partial charge >= 0.3 is 0 Å². The van der Waals surface area contributed by atoms with Crippen molar-refractivity contribution in [1.82, 2.24) is 5.32 Å². The van der Waals surface area contributed by atoms with Gasteiger partial charge in [0.2, 0.25) is 15.9 Å². The maximum absolute atomic E-state index is 14.2. The number of amides is 1. The van der Waals surface area contributed by atoms with Gasteiger partial charge in [-0.15, -0.1) is 0 Å². The molecule has 2 aromatic carbocycles. The molecule has 2 rings (SSSR count). The lowest BCUT2D eigenvalue weighted by Gasteiger charge is -2.16. The van der Waals surface area contributed by atoms with Crippen LogP contribution in [0.2, 0.25) is 0 Å². The molecule has 0 saturated heterocycles. The molecule has 0 fully saturated rings. The van der Waals surface area contributed by atoms with Crippen LogP contribution in [0.15, 0.2) is 36.4 Å². The third-order valence-corrected chi connectivity index (χ3v) is 5.08. The Morgan fingerprint density at radius 1 is 1.12 bits per heavy atom. The summed E-state index contributed by atoms with van der Waals surface area (Å²) in [5.41, 5.74) is -0.203. The number of hydrogen-bond donors (Lipinski definition) is 2. The number of anilines is 1. The lowest BCUT2D eigenvalue weighted by Crippen LogP contribution is -2.25. The second-order valence-electron chi connectivity index (χ2n) is 7.32. The number of rotatable bonds is 9. The van der Waals surface area contributed by atoms with Gasteiger partial charge in [0.25, 0.3) is 0 Å². The number of hydrogen-bond acceptors (Lipinski definition) is 4. The van der Waals surface area contributed by atoms with Crippen molar-refractivity contribution in [2.24, 2.45) is 0 Å². The third-order valence-electron chi connectivity index (χ3n) is 4.50. The lowest BCUT2D eigenvalue weighted by molar-refractivity contribution is -0.117. The highest BCUT2D eigenvalue weighted by Crippen LogP contribution is 2.26. The van der Waals surface area contributed by atoms with Crippen molar-refractivity contribution in [3.63, 3.8) is 0 Å². The Labute approximate surface area is 185 Å². The number of halogens is 3. The molecule has 0 bridgehead atoms. The fourth-order valence-electron chi connectivity index (χ4n) is 2.68. The van der Waals surface area contributed by atoms with Crippen LogP contribution in [0.4, 0.5) is 18.9 Å². The molecule has 0 aliphatic rings. The average Bonchev–Trinajstić information content (AvgIpc) is 2.69. The molecule has 0 spiro atoms. The van der Waals surface area contributed by atoms with Gasteiger partial charge < -0.3 is 10.1 Å². The second-order valence-corrected chi connectivity index (χ2v) is 9.06. The van der Waals surface area contributed by atoms with E-state index in [1.807, 2.05) is 13.8 Å². The first kappa shape index (κ1) is 25.3. The fourth-order valence-corrected chi connectivity index (χ4v) is 3.25. The van der Waals surface area contributed by atoms with E-state index in [0.717, 1.165) is 18.4 Å². The Morgan fingerprint density at radius 3 is 2.31 bits per heavy atom. The monoisotopic (exact) mass is 470 g/mol. The van der Waals surface area contributed by atoms with E-state index in [4.69, 9.17) is 4.74 Å². The van der Waals surface area contributed by atoms with Gasteiger partial charge in [-0.3, -0.25) is 9.52 Å². The molecule has 32 heavy (non-hydrogen) atoms. The molecule has 0 aliphatic heterocycles. The van der Waals surface area contributed by atoms with Crippen LogP contribution in [0.5, 0.6) is 5.75 Å². The van der Waals surface area contributed by atoms with Crippen LogP contribution in [0.3, 0.4) is 0 Å². The highest BCUT2D eigenvalue weighted by atomic mass is 32.2. The summed E-state index contributed by atoms with van der Waals surface area (Å²) in [5, 5.41) is 2.56. The van der Waals surface area contributed by atoms with Crippen LogP contribution in [0.25, 0.3) is 6.08 Å². The molecular weight excluding hydrogens is 445 g/mol. The number of carbonyl (C=O) groups excluding carboxylic acids is 1. The number of ether oxygens (including phenoxy) is 1. The molecule has 0 aromatic heterocycles. The smallest absolute Gasteiger partial charge is 0.244 e. The van der Waals surface area contributed by atoms with E-state index >= 15 is 0 Å². The lowest BCUT2D eigenvalue weighted by atomic mass is 10.1. The number of benzene rings is 2. The van der Waals surface area contributed by atoms with Gasteiger partial charge in [0.15, 0.2) is 11.6 Å². The van der Waals surface area contributed by atoms with Gasteiger partial charge in [-0.05, 0) is 56.2 Å². The van der Waals surface area contributed by atoms with E-state index in [1.54, 1.807) is 4.72 Å². The van der Waals surface area contributed by atoms with Crippen LogP contribution < -0.4 is 14.8 Å². The molecule has 0 aliphatic carbocycles. The van der Waals surface area contributed by atoms with Crippen LogP contribution in [0, 0.1) is 17.5 Å². The largest absolute Gasteiger partial charge is 0.490 e. The van der Waals surface area contributed by atoms with Crippen LogP contribution in [0.1, 0.15) is 44.4 Å². The minimum absolute atomic E-state index is 0.100. The van der Waals surface area contributed by atoms with Crippen molar-refractivity contribution in [3.05, 3.63) is 65.0 Å². The topological polar surface area (TPSA) is 84.5 Å². The quantitative estimate of drug-likeness (QED) is 0.527. The van der Waals surface area contributed by atoms with Gasteiger partial charge in [-0.2, -0.15) is 0 Å². The zero-order valence-electron chi connectivity index (χ0n) is 18.1. The Morgan fingerprint density at radius 2 is 1.75 bits per heavy atom. The summed E-state index contributed by atoms with van der Waals surface area (Å²) >= 11 is 0. The van der Waals surface area contributed by atoms with Crippen molar-refractivity contribution in [2.75, 3.05) is 11.0 Å². The van der Waals surface area contributed by atoms with Crippen LogP contribution in [-0.2, 0) is 14.8 Å². The van der Waals surface area contributed by atoms with Crippen LogP contribution >= 0.6 is 0 Å². The maximum atomic E-state index is 14.2. The summed E-state index contributed by atoms with van der Waals surface area (Å²) < 4.78 is 71.9. The van der Waals surface area contributed by atoms with E-state index < -0.39 is 45.1 Å². The summed E-state index contributed by atoms with van der Waals surface area (Å²) in [5.74, 6) is -2.97. The zero-order valence-corrected chi connectivity index (χ0v) is 18.9. The van der Waals surface area contributed by atoms with Gasteiger partial charge in [-0.1, -0.05) is 6.92 Å². The first-order valence-corrected chi connectivity index (χ1v) is 11.7. The summed E-state index contributed by atoms with van der Waals surface area (Å²) in [7, 11) is -3.87. The summed E-state index contributed by atoms with van der Waals surface area (Å²) in [6, 6.07) is 5.02. The third kappa shape index (κ3) is 7.30. The Bertz CT molecular complexity index is 1100. The first-order chi connectivity index (χ1) is 14.9. The molecule has 10 heteroatoms. The summed E-state index contributed by atoms with van der Waals surface area (Å²) in [6.07, 6.45) is 3.97. The molecule has 6 nitrogen and oxygen atoms in total. The molecule has 0 heterocycles.